The normalized spacial score (nSPS) is 18.9. The summed E-state index contributed by atoms with van der Waals surface area (Å²) in [5.74, 6) is 1.74. The Morgan fingerprint density at radius 3 is 2.90 bits per heavy atom. The number of nitrogens with one attached hydrogen (secondary N) is 2. The molecule has 0 saturated carbocycles. The lowest BCUT2D eigenvalue weighted by Gasteiger charge is -2.28. The Morgan fingerprint density at radius 1 is 1.21 bits per heavy atom. The summed E-state index contributed by atoms with van der Waals surface area (Å²) in [6, 6.07) is 13.6. The first-order chi connectivity index (χ1) is 14.2. The van der Waals surface area contributed by atoms with E-state index in [0.29, 0.717) is 12.2 Å². The summed E-state index contributed by atoms with van der Waals surface area (Å²) >= 11 is 0. The lowest BCUT2D eigenvalue weighted by atomic mass is 10.00. The molecule has 1 saturated heterocycles. The van der Waals surface area contributed by atoms with E-state index in [4.69, 9.17) is 9.72 Å². The largest absolute Gasteiger partial charge is 0.493 e. The molecule has 2 aliphatic rings. The summed E-state index contributed by atoms with van der Waals surface area (Å²) in [5.41, 5.74) is 3.57. The van der Waals surface area contributed by atoms with Crippen molar-refractivity contribution in [1.82, 2.24) is 20.2 Å². The highest BCUT2D eigenvalue weighted by Crippen LogP contribution is 2.32. The highest BCUT2D eigenvalue weighted by Gasteiger charge is 2.24. The van der Waals surface area contributed by atoms with Crippen LogP contribution >= 0.6 is 0 Å². The monoisotopic (exact) mass is 391 g/mol. The number of aromatic nitrogens is 2. The fourth-order valence-corrected chi connectivity index (χ4v) is 4.20. The van der Waals surface area contributed by atoms with Gasteiger partial charge in [0.05, 0.1) is 23.7 Å². The fourth-order valence-electron chi connectivity index (χ4n) is 4.20. The Morgan fingerprint density at radius 2 is 2.03 bits per heavy atom. The number of rotatable bonds is 3. The predicted molar refractivity (Wildman–Crippen MR) is 113 cm³/mol. The van der Waals surface area contributed by atoms with Crippen LogP contribution in [0.1, 0.15) is 28.4 Å². The molecule has 3 aromatic rings. The summed E-state index contributed by atoms with van der Waals surface area (Å²) < 4.78 is 7.79. The van der Waals surface area contributed by atoms with E-state index in [1.165, 1.54) is 0 Å². The zero-order chi connectivity index (χ0) is 19.8. The first-order valence-electron chi connectivity index (χ1n) is 10.2. The number of ether oxygens (including phenoxy) is 1. The summed E-state index contributed by atoms with van der Waals surface area (Å²) in [5, 5.41) is 6.55. The molecule has 7 heteroatoms. The van der Waals surface area contributed by atoms with Gasteiger partial charge in [0.15, 0.2) is 0 Å². The molecule has 1 atom stereocenters. The van der Waals surface area contributed by atoms with E-state index in [2.05, 4.69) is 20.1 Å². The average molecular weight is 391 g/mol. The molecule has 0 aliphatic carbocycles. The second-order valence-electron chi connectivity index (χ2n) is 7.61. The van der Waals surface area contributed by atoms with Gasteiger partial charge in [0, 0.05) is 50.8 Å². The van der Waals surface area contributed by atoms with E-state index in [1.807, 2.05) is 49.5 Å². The van der Waals surface area contributed by atoms with Gasteiger partial charge in [-0.2, -0.15) is 0 Å². The van der Waals surface area contributed by atoms with Gasteiger partial charge in [0.25, 0.3) is 5.91 Å². The highest BCUT2D eigenvalue weighted by atomic mass is 16.5. The predicted octanol–water partition coefficient (Wildman–Crippen LogP) is 2.24. The minimum atomic E-state index is -0.0708. The summed E-state index contributed by atoms with van der Waals surface area (Å²) in [6.45, 7) is 4.41. The number of imidazole rings is 1. The SMILES string of the molecule is Cn1c(N2CCNCC2)nc2ccc(C(=O)N[C@H]3CCOc4ccccc43)cc21. The molecular weight excluding hydrogens is 366 g/mol. The maximum atomic E-state index is 13.0. The second-order valence-corrected chi connectivity index (χ2v) is 7.61. The maximum Gasteiger partial charge on any atom is 0.251 e. The van der Waals surface area contributed by atoms with Crippen molar-refractivity contribution in [3.05, 3.63) is 53.6 Å². The van der Waals surface area contributed by atoms with E-state index >= 15 is 0 Å². The van der Waals surface area contributed by atoms with Gasteiger partial charge < -0.3 is 24.8 Å². The number of para-hydroxylation sites is 1. The first-order valence-corrected chi connectivity index (χ1v) is 10.2. The molecule has 150 valence electrons. The molecule has 29 heavy (non-hydrogen) atoms. The van der Waals surface area contributed by atoms with Gasteiger partial charge in [-0.1, -0.05) is 18.2 Å². The molecule has 2 aliphatic heterocycles. The van der Waals surface area contributed by atoms with Crippen LogP contribution in [0.4, 0.5) is 5.95 Å². The number of fused-ring (bicyclic) bond motifs is 2. The average Bonchev–Trinajstić information content (AvgIpc) is 3.10. The van der Waals surface area contributed by atoms with E-state index in [0.717, 1.165) is 60.9 Å². The standard InChI is InChI=1S/C22H25N5O2/c1-26-19-14-15(6-7-18(19)25-22(26)27-11-9-23-10-12-27)21(28)24-17-8-13-29-20-5-3-2-4-16(17)20/h2-7,14,17,23H,8-13H2,1H3,(H,24,28)/t17-/m0/s1. The molecule has 2 aromatic carbocycles. The van der Waals surface area contributed by atoms with Crippen molar-refractivity contribution >= 4 is 22.9 Å². The Balaban J connectivity index is 1.40. The number of aryl methyl sites for hydroxylation is 1. The molecule has 2 N–H and O–H groups in total. The number of nitrogens with zero attached hydrogens (tertiary/aromatic N) is 3. The van der Waals surface area contributed by atoms with Gasteiger partial charge in [0.1, 0.15) is 5.75 Å². The quantitative estimate of drug-likeness (QED) is 0.717. The van der Waals surface area contributed by atoms with Gasteiger partial charge in [-0.3, -0.25) is 4.79 Å². The molecule has 1 amide bonds. The van der Waals surface area contributed by atoms with Crippen LogP contribution < -0.4 is 20.3 Å². The number of amides is 1. The third-order valence-corrected chi connectivity index (χ3v) is 5.78. The number of anilines is 1. The Kier molecular flexibility index (Phi) is 4.60. The van der Waals surface area contributed by atoms with E-state index < -0.39 is 0 Å². The maximum absolute atomic E-state index is 13.0. The lowest BCUT2D eigenvalue weighted by molar-refractivity contribution is 0.0925. The lowest BCUT2D eigenvalue weighted by Crippen LogP contribution is -2.44. The van der Waals surface area contributed by atoms with Crippen LogP contribution in [0.5, 0.6) is 5.75 Å². The number of benzene rings is 2. The summed E-state index contributed by atoms with van der Waals surface area (Å²) in [4.78, 5) is 20.1. The Labute approximate surface area is 169 Å². The van der Waals surface area contributed by atoms with Crippen molar-refractivity contribution in [3.63, 3.8) is 0 Å². The smallest absolute Gasteiger partial charge is 0.251 e. The fraction of sp³-hybridized carbons (Fsp3) is 0.364. The molecule has 7 nitrogen and oxygen atoms in total. The topological polar surface area (TPSA) is 71.4 Å². The van der Waals surface area contributed by atoms with Crippen LogP contribution in [-0.4, -0.2) is 48.2 Å². The summed E-state index contributed by atoms with van der Waals surface area (Å²) in [6.07, 6.45) is 0.768. The molecular formula is C22H25N5O2. The highest BCUT2D eigenvalue weighted by molar-refractivity contribution is 5.98. The molecule has 1 fully saturated rings. The first kappa shape index (κ1) is 18.0. The molecule has 0 radical (unpaired) electrons. The van der Waals surface area contributed by atoms with Crippen molar-refractivity contribution in [1.29, 1.82) is 0 Å². The van der Waals surface area contributed by atoms with Crippen LogP contribution in [-0.2, 0) is 7.05 Å². The molecule has 0 bridgehead atoms. The molecule has 0 spiro atoms. The third-order valence-electron chi connectivity index (χ3n) is 5.78. The van der Waals surface area contributed by atoms with Crippen LogP contribution in [0.3, 0.4) is 0 Å². The minimum absolute atomic E-state index is 0.0360. The summed E-state index contributed by atoms with van der Waals surface area (Å²) in [7, 11) is 2.02. The van der Waals surface area contributed by atoms with E-state index in [1.54, 1.807) is 0 Å². The van der Waals surface area contributed by atoms with Crippen LogP contribution in [0.15, 0.2) is 42.5 Å². The molecule has 5 rings (SSSR count). The van der Waals surface area contributed by atoms with Crippen molar-refractivity contribution in [2.45, 2.75) is 12.5 Å². The van der Waals surface area contributed by atoms with Crippen LogP contribution in [0, 0.1) is 0 Å². The number of piperazine rings is 1. The van der Waals surface area contributed by atoms with Crippen molar-refractivity contribution in [2.75, 3.05) is 37.7 Å². The van der Waals surface area contributed by atoms with Crippen molar-refractivity contribution in [2.24, 2.45) is 7.05 Å². The van der Waals surface area contributed by atoms with Crippen LogP contribution in [0.25, 0.3) is 11.0 Å². The van der Waals surface area contributed by atoms with Crippen molar-refractivity contribution < 1.29 is 9.53 Å². The molecule has 3 heterocycles. The molecule has 0 unspecified atom stereocenters. The Bertz CT molecular complexity index is 1050. The number of hydrogen-bond acceptors (Lipinski definition) is 5. The van der Waals surface area contributed by atoms with Gasteiger partial charge in [-0.15, -0.1) is 0 Å². The van der Waals surface area contributed by atoms with Gasteiger partial charge in [-0.25, -0.2) is 4.98 Å². The number of hydrogen-bond donors (Lipinski definition) is 2. The van der Waals surface area contributed by atoms with Gasteiger partial charge in [-0.05, 0) is 24.3 Å². The van der Waals surface area contributed by atoms with E-state index in [-0.39, 0.29) is 11.9 Å². The Hall–Kier alpha value is -3.06. The van der Waals surface area contributed by atoms with Crippen molar-refractivity contribution in [3.8, 4) is 5.75 Å². The minimum Gasteiger partial charge on any atom is -0.493 e. The van der Waals surface area contributed by atoms with Gasteiger partial charge in [0.2, 0.25) is 5.95 Å². The van der Waals surface area contributed by atoms with Crippen LogP contribution in [0.2, 0.25) is 0 Å². The zero-order valence-electron chi connectivity index (χ0n) is 16.5. The number of carbonyl (C=O) groups excluding carboxylic acids is 1. The second kappa shape index (κ2) is 7.40. The molecule has 1 aromatic heterocycles. The van der Waals surface area contributed by atoms with Gasteiger partial charge >= 0.3 is 0 Å². The van der Waals surface area contributed by atoms with E-state index in [9.17, 15) is 4.79 Å². The third kappa shape index (κ3) is 3.31. The number of carbonyl (C=O) groups is 1. The zero-order valence-corrected chi connectivity index (χ0v) is 16.5.